The van der Waals surface area contributed by atoms with Crippen LogP contribution in [0.1, 0.15) is 18.4 Å². The first kappa shape index (κ1) is 13.3. The lowest BCUT2D eigenvalue weighted by Crippen LogP contribution is -2.17. The van der Waals surface area contributed by atoms with E-state index >= 15 is 0 Å². The summed E-state index contributed by atoms with van der Waals surface area (Å²) in [5.41, 5.74) is 9.96. The minimum Gasteiger partial charge on any atom is -0.396 e. The van der Waals surface area contributed by atoms with E-state index in [1.54, 1.807) is 6.07 Å². The van der Waals surface area contributed by atoms with Gasteiger partial charge in [0.1, 0.15) is 6.07 Å². The number of rotatable bonds is 3. The lowest BCUT2D eigenvalue weighted by Gasteiger charge is -2.18. The Bertz CT molecular complexity index is 664. The number of nitrogens with one attached hydrogen (secondary N) is 1. The number of nitrogens with two attached hydrogens (primary N) is 1. The fourth-order valence-corrected chi connectivity index (χ4v) is 2.66. The van der Waals surface area contributed by atoms with Crippen LogP contribution in [0.4, 0.5) is 22.7 Å². The van der Waals surface area contributed by atoms with Crippen molar-refractivity contribution in [3.8, 4) is 6.07 Å². The molecule has 0 radical (unpaired) electrons. The Morgan fingerprint density at radius 1 is 1.05 bits per heavy atom. The van der Waals surface area contributed by atoms with Crippen LogP contribution in [0.25, 0.3) is 0 Å². The fourth-order valence-electron chi connectivity index (χ4n) is 2.66. The van der Waals surface area contributed by atoms with Crippen LogP contribution >= 0.6 is 0 Å². The molecule has 0 saturated carbocycles. The summed E-state index contributed by atoms with van der Waals surface area (Å²) in [6.45, 7) is 2.29. The molecular formula is C17H18N4. The summed E-state index contributed by atoms with van der Waals surface area (Å²) in [5.74, 6) is 0. The van der Waals surface area contributed by atoms with Gasteiger partial charge < -0.3 is 16.0 Å². The van der Waals surface area contributed by atoms with Gasteiger partial charge in [-0.25, -0.2) is 0 Å². The van der Waals surface area contributed by atoms with Crippen molar-refractivity contribution in [1.82, 2.24) is 0 Å². The first-order valence-electron chi connectivity index (χ1n) is 7.18. The van der Waals surface area contributed by atoms with E-state index in [4.69, 9.17) is 11.0 Å². The number of para-hydroxylation sites is 1. The molecule has 1 fully saturated rings. The Morgan fingerprint density at radius 3 is 2.43 bits per heavy atom. The molecule has 3 rings (SSSR count). The molecule has 106 valence electrons. The first-order valence-corrected chi connectivity index (χ1v) is 7.18. The lowest BCUT2D eigenvalue weighted by molar-refractivity contribution is 0.949. The topological polar surface area (TPSA) is 65.1 Å². The molecule has 4 heteroatoms. The van der Waals surface area contributed by atoms with Crippen LogP contribution in [-0.2, 0) is 0 Å². The van der Waals surface area contributed by atoms with Crippen molar-refractivity contribution in [3.63, 3.8) is 0 Å². The summed E-state index contributed by atoms with van der Waals surface area (Å²) in [7, 11) is 0. The van der Waals surface area contributed by atoms with E-state index in [0.29, 0.717) is 11.3 Å². The highest BCUT2D eigenvalue weighted by Gasteiger charge is 2.12. The van der Waals surface area contributed by atoms with Gasteiger partial charge in [0, 0.05) is 24.5 Å². The Balaban J connectivity index is 1.78. The molecule has 1 heterocycles. The maximum Gasteiger partial charge on any atom is 0.101 e. The third-order valence-electron chi connectivity index (χ3n) is 3.84. The van der Waals surface area contributed by atoms with E-state index in [0.717, 1.165) is 24.5 Å². The van der Waals surface area contributed by atoms with E-state index in [9.17, 15) is 0 Å². The molecule has 1 saturated heterocycles. The average Bonchev–Trinajstić information content (AvgIpc) is 3.04. The zero-order valence-corrected chi connectivity index (χ0v) is 11.8. The molecule has 21 heavy (non-hydrogen) atoms. The molecule has 1 aliphatic heterocycles. The van der Waals surface area contributed by atoms with Gasteiger partial charge in [0.25, 0.3) is 0 Å². The Morgan fingerprint density at radius 2 is 1.76 bits per heavy atom. The second-order valence-corrected chi connectivity index (χ2v) is 5.24. The second kappa shape index (κ2) is 5.76. The van der Waals surface area contributed by atoms with Gasteiger partial charge >= 0.3 is 0 Å². The molecule has 0 amide bonds. The SMILES string of the molecule is N#Cc1cccc(Nc2ccc(N3CCCC3)cc2)c1N. The molecule has 0 aliphatic carbocycles. The van der Waals surface area contributed by atoms with Gasteiger partial charge in [-0.3, -0.25) is 0 Å². The van der Waals surface area contributed by atoms with Crippen molar-refractivity contribution in [3.05, 3.63) is 48.0 Å². The molecule has 4 nitrogen and oxygen atoms in total. The Labute approximate surface area is 124 Å². The smallest absolute Gasteiger partial charge is 0.101 e. The zero-order valence-electron chi connectivity index (χ0n) is 11.8. The minimum absolute atomic E-state index is 0.489. The number of nitrogen functional groups attached to an aromatic ring is 1. The zero-order chi connectivity index (χ0) is 14.7. The van der Waals surface area contributed by atoms with E-state index in [1.165, 1.54) is 18.5 Å². The van der Waals surface area contributed by atoms with Crippen LogP contribution in [0, 0.1) is 11.3 Å². The van der Waals surface area contributed by atoms with Gasteiger partial charge in [-0.1, -0.05) is 6.07 Å². The van der Waals surface area contributed by atoms with E-state index in [2.05, 4.69) is 28.4 Å². The van der Waals surface area contributed by atoms with Crippen molar-refractivity contribution in [2.75, 3.05) is 29.0 Å². The Kier molecular flexibility index (Phi) is 3.65. The van der Waals surface area contributed by atoms with Crippen molar-refractivity contribution in [1.29, 1.82) is 5.26 Å². The highest BCUT2D eigenvalue weighted by molar-refractivity contribution is 5.77. The van der Waals surface area contributed by atoms with Crippen LogP contribution in [0.2, 0.25) is 0 Å². The molecule has 0 bridgehead atoms. The monoisotopic (exact) mass is 278 g/mol. The number of hydrogen-bond acceptors (Lipinski definition) is 4. The maximum absolute atomic E-state index is 9.00. The summed E-state index contributed by atoms with van der Waals surface area (Å²) >= 11 is 0. The maximum atomic E-state index is 9.00. The number of hydrogen-bond donors (Lipinski definition) is 2. The number of nitrogens with zero attached hydrogens (tertiary/aromatic N) is 2. The standard InChI is InChI=1S/C17H18N4/c18-12-13-4-3-5-16(17(13)19)20-14-6-8-15(9-7-14)21-10-1-2-11-21/h3-9,20H,1-2,10-11,19H2. The summed E-state index contributed by atoms with van der Waals surface area (Å²) in [5, 5.41) is 12.3. The summed E-state index contributed by atoms with van der Waals surface area (Å²) in [6, 6.07) is 15.9. The quantitative estimate of drug-likeness (QED) is 0.844. The van der Waals surface area contributed by atoms with Gasteiger partial charge in [-0.05, 0) is 49.2 Å². The van der Waals surface area contributed by atoms with Crippen LogP contribution < -0.4 is 16.0 Å². The molecule has 2 aromatic carbocycles. The summed E-state index contributed by atoms with van der Waals surface area (Å²) in [6.07, 6.45) is 2.55. The predicted octanol–water partition coefficient (Wildman–Crippen LogP) is 3.48. The van der Waals surface area contributed by atoms with Gasteiger partial charge in [0.15, 0.2) is 0 Å². The highest BCUT2D eigenvalue weighted by atomic mass is 15.1. The van der Waals surface area contributed by atoms with Crippen molar-refractivity contribution >= 4 is 22.7 Å². The third kappa shape index (κ3) is 2.77. The second-order valence-electron chi connectivity index (χ2n) is 5.24. The molecule has 0 unspecified atom stereocenters. The molecule has 2 aromatic rings. The van der Waals surface area contributed by atoms with E-state index < -0.39 is 0 Å². The first-order chi connectivity index (χ1) is 10.3. The Hall–Kier alpha value is -2.67. The average molecular weight is 278 g/mol. The van der Waals surface area contributed by atoms with E-state index in [-0.39, 0.29) is 0 Å². The normalized spacial score (nSPS) is 14.0. The minimum atomic E-state index is 0.489. The van der Waals surface area contributed by atoms with Crippen molar-refractivity contribution < 1.29 is 0 Å². The number of benzene rings is 2. The molecule has 1 aliphatic rings. The van der Waals surface area contributed by atoms with Crippen LogP contribution in [0.15, 0.2) is 42.5 Å². The molecule has 0 atom stereocenters. The summed E-state index contributed by atoms with van der Waals surface area (Å²) < 4.78 is 0. The number of nitriles is 1. The van der Waals surface area contributed by atoms with Crippen molar-refractivity contribution in [2.45, 2.75) is 12.8 Å². The molecule has 3 N–H and O–H groups in total. The van der Waals surface area contributed by atoms with Gasteiger partial charge in [0.05, 0.1) is 16.9 Å². The fraction of sp³-hybridized carbons (Fsp3) is 0.235. The van der Waals surface area contributed by atoms with Crippen LogP contribution in [-0.4, -0.2) is 13.1 Å². The predicted molar refractivity (Wildman–Crippen MR) is 86.7 cm³/mol. The van der Waals surface area contributed by atoms with Gasteiger partial charge in [0.2, 0.25) is 0 Å². The van der Waals surface area contributed by atoms with Gasteiger partial charge in [-0.2, -0.15) is 5.26 Å². The van der Waals surface area contributed by atoms with Crippen molar-refractivity contribution in [2.24, 2.45) is 0 Å². The summed E-state index contributed by atoms with van der Waals surface area (Å²) in [4.78, 5) is 2.40. The van der Waals surface area contributed by atoms with Crippen LogP contribution in [0.3, 0.4) is 0 Å². The molecular weight excluding hydrogens is 260 g/mol. The lowest BCUT2D eigenvalue weighted by atomic mass is 10.1. The largest absolute Gasteiger partial charge is 0.396 e. The number of anilines is 4. The molecule has 0 spiro atoms. The van der Waals surface area contributed by atoms with E-state index in [1.807, 2.05) is 24.3 Å². The third-order valence-corrected chi connectivity index (χ3v) is 3.84. The highest BCUT2D eigenvalue weighted by Crippen LogP contribution is 2.27. The molecule has 0 aromatic heterocycles. The van der Waals surface area contributed by atoms with Crippen LogP contribution in [0.5, 0.6) is 0 Å². The van der Waals surface area contributed by atoms with Gasteiger partial charge in [-0.15, -0.1) is 0 Å².